The lowest BCUT2D eigenvalue weighted by Gasteiger charge is -2.32. The van der Waals surface area contributed by atoms with Gasteiger partial charge < -0.3 is 15.1 Å². The van der Waals surface area contributed by atoms with E-state index in [9.17, 15) is 9.59 Å². The number of hydrogen-bond acceptors (Lipinski definition) is 5. The van der Waals surface area contributed by atoms with Crippen molar-refractivity contribution in [1.82, 2.24) is 20.2 Å². The SMILES string of the molecule is CC(C)CCNC(=O)c1cnc(N2CCN(C=O)CC2)nc1. The van der Waals surface area contributed by atoms with Crippen molar-refractivity contribution in [3.8, 4) is 0 Å². The lowest BCUT2D eigenvalue weighted by Crippen LogP contribution is -2.46. The van der Waals surface area contributed by atoms with Crippen molar-refractivity contribution in [2.24, 2.45) is 5.92 Å². The Morgan fingerprint density at radius 3 is 2.45 bits per heavy atom. The summed E-state index contributed by atoms with van der Waals surface area (Å²) in [5.74, 6) is 1.02. The van der Waals surface area contributed by atoms with Crippen LogP contribution in [0, 0.1) is 5.92 Å². The lowest BCUT2D eigenvalue weighted by atomic mass is 10.1. The molecule has 0 aliphatic carbocycles. The van der Waals surface area contributed by atoms with Gasteiger partial charge in [-0.05, 0) is 12.3 Å². The first-order valence-electron chi connectivity index (χ1n) is 7.64. The first-order valence-corrected chi connectivity index (χ1v) is 7.64. The summed E-state index contributed by atoms with van der Waals surface area (Å²) in [7, 11) is 0. The summed E-state index contributed by atoms with van der Waals surface area (Å²) >= 11 is 0. The molecule has 0 atom stereocenters. The standard InChI is InChI=1S/C15H23N5O2/c1-12(2)3-4-16-14(22)13-9-17-15(18-10-13)20-7-5-19(11-21)6-8-20/h9-12H,3-8H2,1-2H3,(H,16,22). The molecule has 1 aromatic heterocycles. The van der Waals surface area contributed by atoms with E-state index in [1.54, 1.807) is 17.3 Å². The molecular weight excluding hydrogens is 282 g/mol. The van der Waals surface area contributed by atoms with E-state index in [4.69, 9.17) is 0 Å². The minimum atomic E-state index is -0.141. The Hall–Kier alpha value is -2.18. The number of nitrogens with zero attached hydrogens (tertiary/aromatic N) is 4. The zero-order valence-electron chi connectivity index (χ0n) is 13.2. The molecule has 2 rings (SSSR count). The highest BCUT2D eigenvalue weighted by Crippen LogP contribution is 2.10. The summed E-state index contributed by atoms with van der Waals surface area (Å²) in [6, 6.07) is 0. The fourth-order valence-electron chi connectivity index (χ4n) is 2.21. The number of nitrogens with one attached hydrogen (secondary N) is 1. The number of amides is 2. The summed E-state index contributed by atoms with van der Waals surface area (Å²) in [5, 5.41) is 2.86. The molecule has 7 heteroatoms. The molecule has 0 radical (unpaired) electrons. The van der Waals surface area contributed by atoms with E-state index < -0.39 is 0 Å². The molecule has 7 nitrogen and oxygen atoms in total. The Bertz CT molecular complexity index is 495. The predicted molar refractivity (Wildman–Crippen MR) is 83.7 cm³/mol. The summed E-state index contributed by atoms with van der Waals surface area (Å²) in [5.41, 5.74) is 0.471. The maximum absolute atomic E-state index is 11.9. The highest BCUT2D eigenvalue weighted by Gasteiger charge is 2.18. The number of piperazine rings is 1. The largest absolute Gasteiger partial charge is 0.352 e. The zero-order chi connectivity index (χ0) is 15.9. The molecule has 1 saturated heterocycles. The smallest absolute Gasteiger partial charge is 0.254 e. The fraction of sp³-hybridized carbons (Fsp3) is 0.600. The Kier molecular flexibility index (Phi) is 5.68. The monoisotopic (exact) mass is 305 g/mol. The molecular formula is C15H23N5O2. The van der Waals surface area contributed by atoms with Crippen molar-refractivity contribution in [3.05, 3.63) is 18.0 Å². The van der Waals surface area contributed by atoms with Crippen molar-refractivity contribution < 1.29 is 9.59 Å². The van der Waals surface area contributed by atoms with E-state index in [-0.39, 0.29) is 5.91 Å². The van der Waals surface area contributed by atoms with Crippen LogP contribution in [-0.4, -0.2) is 59.9 Å². The molecule has 0 unspecified atom stereocenters. The van der Waals surface area contributed by atoms with Gasteiger partial charge in [0, 0.05) is 45.1 Å². The highest BCUT2D eigenvalue weighted by molar-refractivity contribution is 5.93. The van der Waals surface area contributed by atoms with Crippen LogP contribution in [0.25, 0.3) is 0 Å². The first-order chi connectivity index (χ1) is 10.6. The number of aromatic nitrogens is 2. The van der Waals surface area contributed by atoms with E-state index in [1.165, 1.54) is 0 Å². The minimum Gasteiger partial charge on any atom is -0.352 e. The maximum atomic E-state index is 11.9. The van der Waals surface area contributed by atoms with Gasteiger partial charge in [-0.15, -0.1) is 0 Å². The van der Waals surface area contributed by atoms with Gasteiger partial charge >= 0.3 is 0 Å². The highest BCUT2D eigenvalue weighted by atomic mass is 16.1. The Morgan fingerprint density at radius 1 is 1.27 bits per heavy atom. The number of rotatable bonds is 6. The van der Waals surface area contributed by atoms with Crippen LogP contribution in [-0.2, 0) is 4.79 Å². The third-order valence-electron chi connectivity index (χ3n) is 3.65. The molecule has 0 bridgehead atoms. The molecule has 1 fully saturated rings. The van der Waals surface area contributed by atoms with Crippen LogP contribution in [0.5, 0.6) is 0 Å². The van der Waals surface area contributed by atoms with Gasteiger partial charge in [-0.3, -0.25) is 9.59 Å². The summed E-state index contributed by atoms with van der Waals surface area (Å²) in [4.78, 5) is 34.9. The van der Waals surface area contributed by atoms with E-state index in [2.05, 4.69) is 29.1 Å². The number of anilines is 1. The molecule has 2 heterocycles. The molecule has 22 heavy (non-hydrogen) atoms. The molecule has 0 aromatic carbocycles. The second-order valence-corrected chi connectivity index (χ2v) is 5.84. The molecule has 1 aliphatic rings. The molecule has 120 valence electrons. The van der Waals surface area contributed by atoms with Crippen molar-refractivity contribution in [2.45, 2.75) is 20.3 Å². The van der Waals surface area contributed by atoms with Crippen molar-refractivity contribution >= 4 is 18.3 Å². The summed E-state index contributed by atoms with van der Waals surface area (Å²) in [6.45, 7) is 7.65. The number of carbonyl (C=O) groups excluding carboxylic acids is 2. The minimum absolute atomic E-state index is 0.141. The van der Waals surface area contributed by atoms with E-state index in [1.807, 2.05) is 4.90 Å². The topological polar surface area (TPSA) is 78.4 Å². The molecule has 0 saturated carbocycles. The molecule has 0 spiro atoms. The van der Waals surface area contributed by atoms with Crippen molar-refractivity contribution in [3.63, 3.8) is 0 Å². The zero-order valence-corrected chi connectivity index (χ0v) is 13.2. The lowest BCUT2D eigenvalue weighted by molar-refractivity contribution is -0.118. The Balaban J connectivity index is 1.87. The van der Waals surface area contributed by atoms with Gasteiger partial charge in [0.15, 0.2) is 0 Å². The van der Waals surface area contributed by atoms with Crippen LogP contribution in [0.4, 0.5) is 5.95 Å². The average molecular weight is 305 g/mol. The van der Waals surface area contributed by atoms with Crippen LogP contribution in [0.15, 0.2) is 12.4 Å². The second-order valence-electron chi connectivity index (χ2n) is 5.84. The van der Waals surface area contributed by atoms with E-state index in [0.29, 0.717) is 50.2 Å². The molecule has 1 aromatic rings. The fourth-order valence-corrected chi connectivity index (χ4v) is 2.21. The van der Waals surface area contributed by atoms with Gasteiger partial charge in [0.1, 0.15) is 0 Å². The Morgan fingerprint density at radius 2 is 1.91 bits per heavy atom. The molecule has 1 N–H and O–H groups in total. The summed E-state index contributed by atoms with van der Waals surface area (Å²) in [6.07, 6.45) is 4.92. The second kappa shape index (κ2) is 7.72. The van der Waals surface area contributed by atoms with E-state index in [0.717, 1.165) is 12.8 Å². The van der Waals surface area contributed by atoms with Gasteiger partial charge in [-0.1, -0.05) is 13.8 Å². The third kappa shape index (κ3) is 4.41. The average Bonchev–Trinajstić information content (AvgIpc) is 2.54. The van der Waals surface area contributed by atoms with Crippen LogP contribution in [0.1, 0.15) is 30.6 Å². The van der Waals surface area contributed by atoms with Gasteiger partial charge in [-0.25, -0.2) is 9.97 Å². The van der Waals surface area contributed by atoms with Gasteiger partial charge in [0.2, 0.25) is 12.4 Å². The third-order valence-corrected chi connectivity index (χ3v) is 3.65. The molecule has 2 amide bonds. The van der Waals surface area contributed by atoms with Gasteiger partial charge in [0.25, 0.3) is 5.91 Å². The predicted octanol–water partition coefficient (Wildman–Crippen LogP) is 0.531. The molecule has 1 aliphatic heterocycles. The van der Waals surface area contributed by atoms with Crippen LogP contribution in [0.2, 0.25) is 0 Å². The van der Waals surface area contributed by atoms with Crippen LogP contribution in [0.3, 0.4) is 0 Å². The quantitative estimate of drug-likeness (QED) is 0.776. The number of hydrogen-bond donors (Lipinski definition) is 1. The van der Waals surface area contributed by atoms with Crippen molar-refractivity contribution in [2.75, 3.05) is 37.6 Å². The van der Waals surface area contributed by atoms with Gasteiger partial charge in [0.05, 0.1) is 5.56 Å². The summed E-state index contributed by atoms with van der Waals surface area (Å²) < 4.78 is 0. The van der Waals surface area contributed by atoms with E-state index >= 15 is 0 Å². The first kappa shape index (κ1) is 16.2. The van der Waals surface area contributed by atoms with Gasteiger partial charge in [-0.2, -0.15) is 0 Å². The normalized spacial score (nSPS) is 15.0. The number of carbonyl (C=O) groups is 2. The van der Waals surface area contributed by atoms with Crippen LogP contribution >= 0.6 is 0 Å². The van der Waals surface area contributed by atoms with Crippen LogP contribution < -0.4 is 10.2 Å². The van der Waals surface area contributed by atoms with Crippen molar-refractivity contribution in [1.29, 1.82) is 0 Å². The Labute approximate surface area is 130 Å². The maximum Gasteiger partial charge on any atom is 0.254 e.